The SMILES string of the molecule is [CH2][C]([CH]C[P+](C)(C)C)CC(=C)C(C)(C)O. The Kier molecular flexibility index (Phi) is 5.50. The first-order valence-electron chi connectivity index (χ1n) is 5.24. The van der Waals surface area contributed by atoms with E-state index in [9.17, 15) is 5.11 Å². The Labute approximate surface area is 96.3 Å². The highest BCUT2D eigenvalue weighted by Gasteiger charge is 2.22. The third kappa shape index (κ3) is 7.99. The maximum Gasteiger partial charge on any atom is 0.0798 e. The van der Waals surface area contributed by atoms with E-state index < -0.39 is 12.9 Å². The fourth-order valence-corrected chi connectivity index (χ4v) is 1.77. The Morgan fingerprint density at radius 2 is 1.80 bits per heavy atom. The molecule has 0 heterocycles. The molecular weight excluding hydrogens is 203 g/mol. The molecule has 0 saturated heterocycles. The molecule has 0 aromatic rings. The highest BCUT2D eigenvalue weighted by molar-refractivity contribution is 7.73. The molecule has 2 heteroatoms. The average Bonchev–Trinajstić information content (AvgIpc) is 1.97. The van der Waals surface area contributed by atoms with Crippen molar-refractivity contribution in [2.45, 2.75) is 25.9 Å². The Bertz CT molecular complexity index is 208. The molecule has 1 N–H and O–H groups in total. The Balaban J connectivity index is 3.95. The highest BCUT2D eigenvalue weighted by atomic mass is 31.2. The largest absolute Gasteiger partial charge is 0.386 e. The van der Waals surface area contributed by atoms with E-state index in [1.807, 2.05) is 0 Å². The first-order valence-corrected chi connectivity index (χ1v) is 8.56. The van der Waals surface area contributed by atoms with Crippen molar-refractivity contribution in [1.29, 1.82) is 0 Å². The molecule has 0 spiro atoms. The molecule has 0 aliphatic carbocycles. The van der Waals surface area contributed by atoms with Gasteiger partial charge in [-0.15, -0.1) is 0 Å². The zero-order valence-electron chi connectivity index (χ0n) is 10.8. The lowest BCUT2D eigenvalue weighted by Crippen LogP contribution is -2.22. The van der Waals surface area contributed by atoms with E-state index in [4.69, 9.17) is 0 Å². The van der Waals surface area contributed by atoms with Crippen molar-refractivity contribution in [3.63, 3.8) is 0 Å². The summed E-state index contributed by atoms with van der Waals surface area (Å²) in [5.41, 5.74) is 0.0317. The van der Waals surface area contributed by atoms with Crippen LogP contribution in [0.1, 0.15) is 20.3 Å². The number of aliphatic hydroxyl groups is 1. The van der Waals surface area contributed by atoms with Crippen LogP contribution in [0.5, 0.6) is 0 Å². The van der Waals surface area contributed by atoms with Gasteiger partial charge in [-0.1, -0.05) is 6.58 Å². The van der Waals surface area contributed by atoms with Gasteiger partial charge in [0.1, 0.15) is 0 Å². The van der Waals surface area contributed by atoms with E-state index in [1.165, 1.54) is 0 Å². The van der Waals surface area contributed by atoms with E-state index in [2.05, 4.69) is 39.9 Å². The van der Waals surface area contributed by atoms with Crippen LogP contribution in [0.15, 0.2) is 12.2 Å². The van der Waals surface area contributed by atoms with E-state index in [1.54, 1.807) is 13.8 Å². The van der Waals surface area contributed by atoms with Crippen molar-refractivity contribution in [2.75, 3.05) is 26.2 Å². The summed E-state index contributed by atoms with van der Waals surface area (Å²) in [5.74, 6) is 1.07. The standard InChI is InChI=1S/C13H25OP/c1-11(8-9-15(5,6)7)10-12(2)13(3,4)14/h8,14H,1-2,9-10H2,3-7H3/q+1. The molecule has 0 bridgehead atoms. The second-order valence-electron chi connectivity index (χ2n) is 5.67. The molecule has 1 nitrogen and oxygen atoms in total. The predicted molar refractivity (Wildman–Crippen MR) is 72.5 cm³/mol. The van der Waals surface area contributed by atoms with Gasteiger partial charge in [-0.25, -0.2) is 0 Å². The van der Waals surface area contributed by atoms with Gasteiger partial charge < -0.3 is 5.11 Å². The molecule has 0 atom stereocenters. The fourth-order valence-electron chi connectivity index (χ4n) is 0.966. The van der Waals surface area contributed by atoms with Crippen molar-refractivity contribution >= 4 is 7.26 Å². The summed E-state index contributed by atoms with van der Waals surface area (Å²) in [5, 5.41) is 9.72. The molecular formula is C13H25OP+. The van der Waals surface area contributed by atoms with Gasteiger partial charge in [0.2, 0.25) is 0 Å². The van der Waals surface area contributed by atoms with Gasteiger partial charge in [-0.05, 0) is 38.7 Å². The van der Waals surface area contributed by atoms with Crippen LogP contribution in [0.3, 0.4) is 0 Å². The van der Waals surface area contributed by atoms with Crippen LogP contribution in [-0.2, 0) is 0 Å². The lowest BCUT2D eigenvalue weighted by atomic mass is 9.90. The summed E-state index contributed by atoms with van der Waals surface area (Å²) in [7, 11) is -0.762. The van der Waals surface area contributed by atoms with Crippen molar-refractivity contribution < 1.29 is 5.11 Å². The topological polar surface area (TPSA) is 20.2 Å². The van der Waals surface area contributed by atoms with Gasteiger partial charge in [0, 0.05) is 33.7 Å². The summed E-state index contributed by atoms with van der Waals surface area (Å²) in [6, 6.07) is 0. The molecule has 0 fully saturated rings. The maximum absolute atomic E-state index is 9.72. The first kappa shape index (κ1) is 15.1. The highest BCUT2D eigenvalue weighted by Crippen LogP contribution is 2.47. The lowest BCUT2D eigenvalue weighted by Gasteiger charge is -2.23. The van der Waals surface area contributed by atoms with Crippen molar-refractivity contribution in [3.05, 3.63) is 31.4 Å². The van der Waals surface area contributed by atoms with Gasteiger partial charge in [-0.3, -0.25) is 0 Å². The molecule has 0 amide bonds. The minimum atomic E-state index is -0.798. The molecule has 0 aliphatic rings. The van der Waals surface area contributed by atoms with Crippen LogP contribution < -0.4 is 0 Å². The van der Waals surface area contributed by atoms with Crippen LogP contribution in [0.2, 0.25) is 0 Å². The molecule has 15 heavy (non-hydrogen) atoms. The molecule has 0 unspecified atom stereocenters. The zero-order valence-corrected chi connectivity index (χ0v) is 11.7. The summed E-state index contributed by atoms with van der Waals surface area (Å²) in [6.45, 7) is 18.3. The predicted octanol–water partition coefficient (Wildman–Crippen LogP) is 3.22. The Hall–Kier alpha value is 0.130. The van der Waals surface area contributed by atoms with Gasteiger partial charge in [0.25, 0.3) is 0 Å². The quantitative estimate of drug-likeness (QED) is 0.546. The number of hydrogen-bond donors (Lipinski definition) is 1. The fraction of sp³-hybridized carbons (Fsp3) is 0.615. The number of rotatable bonds is 6. The van der Waals surface area contributed by atoms with Gasteiger partial charge in [-0.2, -0.15) is 0 Å². The van der Waals surface area contributed by atoms with Crippen LogP contribution in [0.25, 0.3) is 0 Å². The van der Waals surface area contributed by atoms with E-state index in [0.717, 1.165) is 17.7 Å². The molecule has 0 aromatic heterocycles. The van der Waals surface area contributed by atoms with E-state index >= 15 is 0 Å². The molecule has 87 valence electrons. The van der Waals surface area contributed by atoms with Crippen molar-refractivity contribution in [2.24, 2.45) is 0 Å². The monoisotopic (exact) mass is 228 g/mol. The second-order valence-corrected chi connectivity index (χ2v) is 10.6. The summed E-state index contributed by atoms with van der Waals surface area (Å²) in [6.07, 6.45) is 4.00. The third-order valence-electron chi connectivity index (χ3n) is 2.23. The minimum absolute atomic E-state index is 0.698. The molecule has 0 aromatic carbocycles. The zero-order chi connectivity index (χ0) is 12.3. The second kappa shape index (κ2) is 5.46. The summed E-state index contributed by atoms with van der Waals surface area (Å²) < 4.78 is 0. The Morgan fingerprint density at radius 1 is 1.33 bits per heavy atom. The number of hydrogen-bond acceptors (Lipinski definition) is 1. The summed E-state index contributed by atoms with van der Waals surface area (Å²) in [4.78, 5) is 0. The normalized spacial score (nSPS) is 13.3. The van der Waals surface area contributed by atoms with Crippen LogP contribution in [0.4, 0.5) is 0 Å². The lowest BCUT2D eigenvalue weighted by molar-refractivity contribution is 0.117. The summed E-state index contributed by atoms with van der Waals surface area (Å²) >= 11 is 0. The third-order valence-corrected chi connectivity index (χ3v) is 3.51. The molecule has 0 aliphatic heterocycles. The van der Waals surface area contributed by atoms with Crippen molar-refractivity contribution in [3.8, 4) is 0 Å². The molecule has 0 rings (SSSR count). The van der Waals surface area contributed by atoms with E-state index in [0.29, 0.717) is 6.42 Å². The average molecular weight is 228 g/mol. The molecule has 3 radical (unpaired) electrons. The van der Waals surface area contributed by atoms with Crippen LogP contribution in [-0.4, -0.2) is 36.9 Å². The van der Waals surface area contributed by atoms with Gasteiger partial charge >= 0.3 is 0 Å². The van der Waals surface area contributed by atoms with Gasteiger partial charge in [0.15, 0.2) is 0 Å². The Morgan fingerprint density at radius 3 is 2.13 bits per heavy atom. The smallest absolute Gasteiger partial charge is 0.0798 e. The van der Waals surface area contributed by atoms with Gasteiger partial charge in [0.05, 0.1) is 11.8 Å². The van der Waals surface area contributed by atoms with Crippen LogP contribution >= 0.6 is 7.26 Å². The first-order chi connectivity index (χ1) is 6.52. The molecule has 0 saturated carbocycles. The minimum Gasteiger partial charge on any atom is -0.386 e. The maximum atomic E-state index is 9.72. The van der Waals surface area contributed by atoms with Crippen molar-refractivity contribution in [1.82, 2.24) is 0 Å². The van der Waals surface area contributed by atoms with Crippen LogP contribution in [0, 0.1) is 19.3 Å². The van der Waals surface area contributed by atoms with E-state index in [-0.39, 0.29) is 0 Å².